The summed E-state index contributed by atoms with van der Waals surface area (Å²) in [6, 6.07) is 0.357. The molecule has 8 heteroatoms. The Morgan fingerprint density at radius 1 is 1.12 bits per heavy atom. The van der Waals surface area contributed by atoms with Gasteiger partial charge in [-0.25, -0.2) is 4.98 Å². The molecule has 1 atom stereocenters. The lowest BCUT2D eigenvalue weighted by Gasteiger charge is -2.38. The molecule has 2 fully saturated rings. The molecular formula is C17H27N5O3. The molecule has 1 unspecified atom stereocenters. The zero-order valence-corrected chi connectivity index (χ0v) is 15.0. The summed E-state index contributed by atoms with van der Waals surface area (Å²) in [7, 11) is 1.83. The standard InChI is InChI=1S/C17H27N5O3/c1-13(23)20-5-3-14(4-6-20)21-7-8-22(10-15(24)9-21)17(25)16-11-19(2)12-18-16/h11-12,14-15,24H,3-10H2,1-2H3. The Kier molecular flexibility index (Phi) is 5.39. The number of carbonyl (C=O) groups is 2. The lowest BCUT2D eigenvalue weighted by atomic mass is 10.0. The van der Waals surface area contributed by atoms with Crippen LogP contribution in [0.1, 0.15) is 30.3 Å². The number of rotatable bonds is 2. The second-order valence-electron chi connectivity index (χ2n) is 7.06. The highest BCUT2D eigenvalue weighted by molar-refractivity contribution is 5.92. The quantitative estimate of drug-likeness (QED) is 0.782. The smallest absolute Gasteiger partial charge is 0.274 e. The molecule has 3 heterocycles. The zero-order valence-electron chi connectivity index (χ0n) is 15.0. The van der Waals surface area contributed by atoms with Crippen LogP contribution in [0.15, 0.2) is 12.5 Å². The van der Waals surface area contributed by atoms with Crippen LogP contribution in [0.3, 0.4) is 0 Å². The summed E-state index contributed by atoms with van der Waals surface area (Å²) in [6.07, 6.45) is 4.58. The lowest BCUT2D eigenvalue weighted by molar-refractivity contribution is -0.130. The minimum Gasteiger partial charge on any atom is -0.390 e. The summed E-state index contributed by atoms with van der Waals surface area (Å²) in [5.74, 6) is -0.00520. The van der Waals surface area contributed by atoms with E-state index in [-0.39, 0.29) is 11.8 Å². The van der Waals surface area contributed by atoms with E-state index in [2.05, 4.69) is 9.88 Å². The minimum atomic E-state index is -0.569. The average Bonchev–Trinajstić information content (AvgIpc) is 2.93. The summed E-state index contributed by atoms with van der Waals surface area (Å²) in [4.78, 5) is 34.0. The Hall–Kier alpha value is -1.93. The summed E-state index contributed by atoms with van der Waals surface area (Å²) >= 11 is 0. The number of hydrogen-bond acceptors (Lipinski definition) is 5. The van der Waals surface area contributed by atoms with Gasteiger partial charge in [-0.05, 0) is 12.8 Å². The van der Waals surface area contributed by atoms with Crippen molar-refractivity contribution in [2.75, 3.05) is 39.3 Å². The topological polar surface area (TPSA) is 81.9 Å². The van der Waals surface area contributed by atoms with Crippen molar-refractivity contribution >= 4 is 11.8 Å². The number of hydrogen-bond donors (Lipinski definition) is 1. The Balaban J connectivity index is 1.59. The molecule has 2 aliphatic rings. The fourth-order valence-corrected chi connectivity index (χ4v) is 3.76. The zero-order chi connectivity index (χ0) is 18.0. The van der Waals surface area contributed by atoms with Crippen molar-refractivity contribution in [2.45, 2.75) is 31.9 Å². The second-order valence-corrected chi connectivity index (χ2v) is 7.06. The number of imidazole rings is 1. The van der Waals surface area contributed by atoms with E-state index in [4.69, 9.17) is 0 Å². The van der Waals surface area contributed by atoms with Crippen molar-refractivity contribution in [3.05, 3.63) is 18.2 Å². The second kappa shape index (κ2) is 7.53. The van der Waals surface area contributed by atoms with Gasteiger partial charge in [0.25, 0.3) is 5.91 Å². The number of aryl methyl sites for hydroxylation is 1. The summed E-state index contributed by atoms with van der Waals surface area (Å²) in [5.41, 5.74) is 0.415. The first-order chi connectivity index (χ1) is 11.9. The van der Waals surface area contributed by atoms with Gasteiger partial charge in [0.05, 0.1) is 12.4 Å². The van der Waals surface area contributed by atoms with Gasteiger partial charge in [-0.1, -0.05) is 0 Å². The van der Waals surface area contributed by atoms with Crippen LogP contribution in [0.4, 0.5) is 0 Å². The molecule has 0 aromatic carbocycles. The average molecular weight is 349 g/mol. The van der Waals surface area contributed by atoms with Gasteiger partial charge < -0.3 is 19.5 Å². The van der Waals surface area contributed by atoms with Gasteiger partial charge in [-0.15, -0.1) is 0 Å². The number of aromatic nitrogens is 2. The number of aliphatic hydroxyl groups is 1. The number of carbonyl (C=O) groups excluding carboxylic acids is 2. The summed E-state index contributed by atoms with van der Waals surface area (Å²) < 4.78 is 1.75. The molecule has 2 amide bonds. The molecule has 138 valence electrons. The highest BCUT2D eigenvalue weighted by atomic mass is 16.3. The number of aliphatic hydroxyl groups excluding tert-OH is 1. The van der Waals surface area contributed by atoms with Crippen molar-refractivity contribution in [3.8, 4) is 0 Å². The number of amides is 2. The van der Waals surface area contributed by atoms with Crippen LogP contribution in [-0.2, 0) is 11.8 Å². The van der Waals surface area contributed by atoms with Crippen molar-refractivity contribution < 1.29 is 14.7 Å². The van der Waals surface area contributed by atoms with E-state index in [1.807, 2.05) is 11.9 Å². The van der Waals surface area contributed by atoms with Crippen LogP contribution < -0.4 is 0 Å². The molecule has 0 bridgehead atoms. The maximum atomic E-state index is 12.6. The van der Waals surface area contributed by atoms with E-state index in [0.29, 0.717) is 31.4 Å². The summed E-state index contributed by atoms with van der Waals surface area (Å²) in [6.45, 7) is 5.36. The number of likely N-dealkylation sites (tertiary alicyclic amines) is 1. The van der Waals surface area contributed by atoms with E-state index in [9.17, 15) is 14.7 Å². The molecule has 1 N–H and O–H groups in total. The fourth-order valence-electron chi connectivity index (χ4n) is 3.76. The Labute approximate surface area is 148 Å². The monoisotopic (exact) mass is 349 g/mol. The van der Waals surface area contributed by atoms with Crippen molar-refractivity contribution in [3.63, 3.8) is 0 Å². The highest BCUT2D eigenvalue weighted by Gasteiger charge is 2.31. The molecule has 1 aromatic rings. The molecule has 25 heavy (non-hydrogen) atoms. The van der Waals surface area contributed by atoms with E-state index >= 15 is 0 Å². The lowest BCUT2D eigenvalue weighted by Crippen LogP contribution is -2.48. The highest BCUT2D eigenvalue weighted by Crippen LogP contribution is 2.19. The Morgan fingerprint density at radius 2 is 1.84 bits per heavy atom. The number of nitrogens with zero attached hydrogens (tertiary/aromatic N) is 5. The van der Waals surface area contributed by atoms with E-state index in [1.54, 1.807) is 28.9 Å². The Morgan fingerprint density at radius 3 is 2.44 bits per heavy atom. The number of piperidine rings is 1. The van der Waals surface area contributed by atoms with Crippen molar-refractivity contribution in [1.82, 2.24) is 24.3 Å². The Bertz CT molecular complexity index is 624. The molecule has 0 aliphatic carbocycles. The van der Waals surface area contributed by atoms with Gasteiger partial charge in [0, 0.05) is 65.5 Å². The SMILES string of the molecule is CC(=O)N1CCC(N2CCN(C(=O)c3cn(C)cn3)CC(O)C2)CC1. The first-order valence-electron chi connectivity index (χ1n) is 8.89. The van der Waals surface area contributed by atoms with Gasteiger partial charge in [0.1, 0.15) is 5.69 Å². The third-order valence-electron chi connectivity index (χ3n) is 5.17. The van der Waals surface area contributed by atoms with E-state index < -0.39 is 6.10 Å². The van der Waals surface area contributed by atoms with Gasteiger partial charge in [-0.2, -0.15) is 0 Å². The normalized spacial score (nSPS) is 23.6. The molecule has 0 saturated carbocycles. The van der Waals surface area contributed by atoms with Crippen LogP contribution in [-0.4, -0.2) is 92.6 Å². The maximum Gasteiger partial charge on any atom is 0.274 e. The van der Waals surface area contributed by atoms with Gasteiger partial charge in [0.2, 0.25) is 5.91 Å². The molecule has 3 rings (SSSR count). The third kappa shape index (κ3) is 4.19. The van der Waals surface area contributed by atoms with Crippen molar-refractivity contribution in [2.24, 2.45) is 7.05 Å². The minimum absolute atomic E-state index is 0.126. The summed E-state index contributed by atoms with van der Waals surface area (Å²) in [5, 5.41) is 10.4. The fraction of sp³-hybridized carbons (Fsp3) is 0.706. The molecule has 0 radical (unpaired) electrons. The van der Waals surface area contributed by atoms with Crippen LogP contribution in [0, 0.1) is 0 Å². The molecule has 2 aliphatic heterocycles. The van der Waals surface area contributed by atoms with Crippen LogP contribution in [0.2, 0.25) is 0 Å². The van der Waals surface area contributed by atoms with E-state index in [0.717, 1.165) is 32.5 Å². The third-order valence-corrected chi connectivity index (χ3v) is 5.17. The van der Waals surface area contributed by atoms with Gasteiger partial charge in [-0.3, -0.25) is 14.5 Å². The molecule has 0 spiro atoms. The first-order valence-corrected chi connectivity index (χ1v) is 8.89. The van der Waals surface area contributed by atoms with Crippen LogP contribution in [0.5, 0.6) is 0 Å². The predicted molar refractivity (Wildman–Crippen MR) is 92.0 cm³/mol. The van der Waals surface area contributed by atoms with Crippen LogP contribution >= 0.6 is 0 Å². The van der Waals surface area contributed by atoms with Gasteiger partial charge in [0.15, 0.2) is 0 Å². The molecule has 2 saturated heterocycles. The van der Waals surface area contributed by atoms with E-state index in [1.165, 1.54) is 0 Å². The first kappa shape index (κ1) is 17.9. The van der Waals surface area contributed by atoms with Gasteiger partial charge >= 0.3 is 0 Å². The number of β-amino-alcohol motifs (C(OH)–C–C–N with tert-alkyl or cyclic N) is 1. The predicted octanol–water partition coefficient (Wildman–Crippen LogP) is -0.450. The largest absolute Gasteiger partial charge is 0.390 e. The molecule has 8 nitrogen and oxygen atoms in total. The molecule has 1 aromatic heterocycles. The van der Waals surface area contributed by atoms with Crippen molar-refractivity contribution in [1.29, 1.82) is 0 Å². The molecular weight excluding hydrogens is 322 g/mol. The van der Waals surface area contributed by atoms with Crippen LogP contribution in [0.25, 0.3) is 0 Å². The maximum absolute atomic E-state index is 12.6.